The quantitative estimate of drug-likeness (QED) is 0.0541. The van der Waals surface area contributed by atoms with Crippen LogP contribution in [0.2, 0.25) is 0 Å². The minimum Gasteiger partial charge on any atom is -0.507 e. The molecule has 0 saturated carbocycles. The lowest BCUT2D eigenvalue weighted by Crippen LogP contribution is -2.49. The van der Waals surface area contributed by atoms with Crippen LogP contribution >= 0.6 is 22.1 Å². The van der Waals surface area contributed by atoms with Crippen LogP contribution in [0.5, 0.6) is 11.6 Å². The van der Waals surface area contributed by atoms with Gasteiger partial charge in [0.05, 0.1) is 44.9 Å². The molecule has 23 heteroatoms. The van der Waals surface area contributed by atoms with Gasteiger partial charge in [0.2, 0.25) is 12.3 Å². The predicted octanol–water partition coefficient (Wildman–Crippen LogP) is 7.34. The average Bonchev–Trinajstić information content (AvgIpc) is 4.20. The molecule has 3 aliphatic rings. The molecule has 8 rings (SSSR count). The lowest BCUT2D eigenvalue weighted by Gasteiger charge is -2.40. The summed E-state index contributed by atoms with van der Waals surface area (Å²) in [7, 11) is -0.988. The van der Waals surface area contributed by atoms with E-state index < -0.39 is 26.3 Å². The van der Waals surface area contributed by atoms with Crippen molar-refractivity contribution in [3.63, 3.8) is 0 Å². The minimum absolute atomic E-state index is 0.0455. The molecule has 420 valence electrons. The van der Waals surface area contributed by atoms with Gasteiger partial charge in [0, 0.05) is 83.7 Å². The molecule has 6 heterocycles. The maximum absolute atomic E-state index is 13.3. The number of aromatic hydroxyl groups is 1. The number of carbonyl (C=O) groups excluding carboxylic acids is 3. The van der Waals surface area contributed by atoms with Gasteiger partial charge >= 0.3 is 6.09 Å². The summed E-state index contributed by atoms with van der Waals surface area (Å²) in [6.07, 6.45) is 5.36. The van der Waals surface area contributed by atoms with E-state index in [-0.39, 0.29) is 23.8 Å². The number of phenols is 1. The number of thiazole rings is 1. The average molecular weight is 1120 g/mol. The second kappa shape index (κ2) is 29.2. The number of β-amino-alcohol motifs (C(OH)–C–C–N with tert-alkyl or cyclic N) is 1. The second-order valence-corrected chi connectivity index (χ2v) is 25.7. The van der Waals surface area contributed by atoms with Gasteiger partial charge in [-0.25, -0.2) is 18.2 Å². The van der Waals surface area contributed by atoms with Gasteiger partial charge in [-0.2, -0.15) is 0 Å². The number of rotatable bonds is 19. The van der Waals surface area contributed by atoms with Crippen LogP contribution in [0.15, 0.2) is 77.0 Å². The molecule has 0 bridgehead atoms. The first kappa shape index (κ1) is 60.4. The summed E-state index contributed by atoms with van der Waals surface area (Å²) in [5.74, 6) is 2.15. The van der Waals surface area contributed by atoms with Crippen molar-refractivity contribution >= 4 is 60.9 Å². The molecule has 77 heavy (non-hydrogen) atoms. The van der Waals surface area contributed by atoms with Crippen LogP contribution in [-0.4, -0.2) is 175 Å². The summed E-state index contributed by atoms with van der Waals surface area (Å²) in [5, 5.41) is 34.6. The van der Waals surface area contributed by atoms with Crippen molar-refractivity contribution < 1.29 is 47.0 Å². The highest BCUT2D eigenvalue weighted by Crippen LogP contribution is 2.35. The number of nitrogens with one attached hydrogen (secondary N) is 1. The molecule has 5 aromatic rings. The maximum Gasteiger partial charge on any atom is 0.415 e. The SMILES string of the molecule is CC(C)CC(=O)N1CCC(O)C1.CC(OC(=O)N(C)c1nnc(-c2ccccc2O)cc1N1CCN(CC2CCN(CCOc3ccon3)CC2)CC1)C(C)SS(C)(=O)=O.Cc1ncsc1-c1ccc([C@H](C)NC=O)cc1. The smallest absolute Gasteiger partial charge is 0.415 e. The van der Waals surface area contributed by atoms with Gasteiger partial charge in [-0.15, -0.1) is 21.5 Å². The van der Waals surface area contributed by atoms with Gasteiger partial charge < -0.3 is 39.3 Å². The van der Waals surface area contributed by atoms with E-state index in [0.29, 0.717) is 60.1 Å². The molecule has 3 unspecified atom stereocenters. The summed E-state index contributed by atoms with van der Waals surface area (Å²) in [5.41, 5.74) is 6.92. The van der Waals surface area contributed by atoms with Crippen LogP contribution in [0.3, 0.4) is 0 Å². The van der Waals surface area contributed by atoms with Gasteiger partial charge in [-0.05, 0) is 117 Å². The van der Waals surface area contributed by atoms with Crippen LogP contribution in [-0.2, 0) is 23.2 Å². The van der Waals surface area contributed by atoms with E-state index in [9.17, 15) is 33.0 Å². The third kappa shape index (κ3) is 18.7. The molecular weight excluding hydrogens is 1040 g/mol. The van der Waals surface area contributed by atoms with E-state index in [4.69, 9.17) is 14.0 Å². The molecule has 0 spiro atoms. The molecule has 4 atom stereocenters. The number of aromatic nitrogens is 4. The highest BCUT2D eigenvalue weighted by atomic mass is 33.1. The fourth-order valence-corrected chi connectivity index (χ4v) is 12.8. The molecule has 0 aliphatic carbocycles. The summed E-state index contributed by atoms with van der Waals surface area (Å²) >= 11 is 1.64. The number of aryl methyl sites for hydroxylation is 1. The van der Waals surface area contributed by atoms with Crippen LogP contribution in [0, 0.1) is 18.8 Å². The van der Waals surface area contributed by atoms with Crippen LogP contribution in [0.1, 0.15) is 77.6 Å². The van der Waals surface area contributed by atoms with Crippen molar-refractivity contribution in [2.75, 3.05) is 95.2 Å². The third-order valence-electron chi connectivity index (χ3n) is 13.6. The molecule has 2 aromatic carbocycles. The predicted molar refractivity (Wildman–Crippen MR) is 302 cm³/mol. The highest BCUT2D eigenvalue weighted by molar-refractivity contribution is 8.72. The normalized spacial score (nSPS) is 17.6. The van der Waals surface area contributed by atoms with Gasteiger partial charge in [-0.1, -0.05) is 50.2 Å². The minimum atomic E-state index is -3.31. The number of carbonyl (C=O) groups is 3. The Hall–Kier alpha value is -5.85. The Morgan fingerprint density at radius 2 is 1.68 bits per heavy atom. The zero-order chi connectivity index (χ0) is 55.6. The number of aliphatic hydroxyl groups excluding tert-OH is 1. The number of ether oxygens (including phenoxy) is 2. The lowest BCUT2D eigenvalue weighted by atomic mass is 9.96. The number of hydrogen-bond donors (Lipinski definition) is 3. The van der Waals surface area contributed by atoms with Crippen molar-refractivity contribution in [2.45, 2.75) is 90.7 Å². The fraction of sp³-hybridized carbons (Fsp3) is 0.537. The Balaban J connectivity index is 0.000000267. The van der Waals surface area contributed by atoms with Crippen molar-refractivity contribution in [2.24, 2.45) is 11.8 Å². The molecule has 3 aliphatic heterocycles. The van der Waals surface area contributed by atoms with Crippen molar-refractivity contribution in [1.29, 1.82) is 0 Å². The molecule has 3 N–H and O–H groups in total. The first-order valence-electron chi connectivity index (χ1n) is 26.2. The zero-order valence-electron chi connectivity index (χ0n) is 45.5. The molecule has 20 nitrogen and oxygen atoms in total. The summed E-state index contributed by atoms with van der Waals surface area (Å²) in [4.78, 5) is 50.7. The number of para-hydroxylation sites is 1. The van der Waals surface area contributed by atoms with Crippen LogP contribution in [0.4, 0.5) is 16.3 Å². The summed E-state index contributed by atoms with van der Waals surface area (Å²) < 4.78 is 39.6. The van der Waals surface area contributed by atoms with Crippen LogP contribution < -0.4 is 19.9 Å². The van der Waals surface area contributed by atoms with Gasteiger partial charge in [0.1, 0.15) is 24.7 Å². The van der Waals surface area contributed by atoms with Gasteiger partial charge in [-0.3, -0.25) is 24.3 Å². The number of aliphatic hydroxyl groups is 1. The third-order valence-corrected chi connectivity index (χ3v) is 17.6. The van der Waals surface area contributed by atoms with Crippen LogP contribution in [0.25, 0.3) is 21.7 Å². The first-order valence-corrected chi connectivity index (χ1v) is 30.3. The van der Waals surface area contributed by atoms with E-state index >= 15 is 0 Å². The number of piperazine rings is 1. The number of hydrogen-bond acceptors (Lipinski definition) is 19. The first-order chi connectivity index (χ1) is 36.8. The van der Waals surface area contributed by atoms with E-state index in [2.05, 4.69) is 52.5 Å². The van der Waals surface area contributed by atoms with Crippen molar-refractivity contribution in [1.82, 2.24) is 40.4 Å². The Labute approximate surface area is 460 Å². The number of piperidine rings is 1. The van der Waals surface area contributed by atoms with Crippen molar-refractivity contribution in [3.05, 3.63) is 83.7 Å². The zero-order valence-corrected chi connectivity index (χ0v) is 47.9. The number of amides is 3. The second-order valence-electron chi connectivity index (χ2n) is 20.1. The fourth-order valence-electron chi connectivity index (χ4n) is 9.07. The Bertz CT molecular complexity index is 2740. The Morgan fingerprint density at radius 3 is 2.27 bits per heavy atom. The van der Waals surface area contributed by atoms with Gasteiger partial charge in [0.15, 0.2) is 14.7 Å². The number of nitrogens with zero attached hydrogens (tertiary/aromatic N) is 9. The summed E-state index contributed by atoms with van der Waals surface area (Å²) in [6, 6.07) is 18.8. The molecule has 3 aromatic heterocycles. The standard InChI is InChI=1S/C32H45N7O7S2.C13H14N2OS.C9H17NO2/c1-23(24(2)47-48(4,42)43)46-32(41)36(3)31-28(21-27(33-34-31)26-7-5-6-8-29(26)40)39-16-14-38(15-17-39)22-25-9-12-37(13-10-25)18-20-44-30-11-19-45-35-30;1-9(14-7-16)11-3-5-12(6-4-11)13-10(2)15-8-17-13;1-7(2)5-9(12)10-4-3-8(11)6-10/h5-8,11,19,21,23-25,40H,9-10,12-18,20,22H2,1-4H3;3-9H,1-2H3,(H,14,16);7-8,11H,3-6H2,1-2H3/t;9-;/m.0./s1. The molecule has 3 saturated heterocycles. The number of likely N-dealkylation sites (tertiary alicyclic amines) is 2. The molecule has 3 fully saturated rings. The number of phenolic OH excluding ortho intramolecular Hbond substituents is 1. The maximum atomic E-state index is 13.3. The van der Waals surface area contributed by atoms with Gasteiger partial charge in [0.25, 0.3) is 5.88 Å². The van der Waals surface area contributed by atoms with E-state index in [1.807, 2.05) is 57.5 Å². The molecule has 0 radical (unpaired) electrons. The molecular formula is C54H76N10O10S3. The summed E-state index contributed by atoms with van der Waals surface area (Å²) in [6.45, 7) is 20.4. The van der Waals surface area contributed by atoms with E-state index in [1.165, 1.54) is 21.6 Å². The largest absolute Gasteiger partial charge is 0.507 e. The number of anilines is 2. The topological polar surface area (TPSA) is 237 Å². The van der Waals surface area contributed by atoms with E-state index in [0.717, 1.165) is 113 Å². The Morgan fingerprint density at radius 1 is 0.961 bits per heavy atom. The van der Waals surface area contributed by atoms with Crippen molar-refractivity contribution in [3.8, 4) is 33.3 Å². The van der Waals surface area contributed by atoms with E-state index in [1.54, 1.807) is 61.4 Å². The molecule has 3 amide bonds. The Kier molecular flexibility index (Phi) is 22.9. The highest BCUT2D eigenvalue weighted by Gasteiger charge is 2.30. The lowest BCUT2D eigenvalue weighted by molar-refractivity contribution is -0.131. The number of benzene rings is 2. The monoisotopic (exact) mass is 1120 g/mol.